The van der Waals surface area contributed by atoms with Gasteiger partial charge in [0.25, 0.3) is 0 Å². The topological polar surface area (TPSA) is 65.1 Å². The van der Waals surface area contributed by atoms with Gasteiger partial charge < -0.3 is 14.2 Å². The van der Waals surface area contributed by atoms with Gasteiger partial charge in [0.1, 0.15) is 33.8 Å². The molecule has 0 N–H and O–H groups in total. The number of piperidine rings is 1. The van der Waals surface area contributed by atoms with Crippen molar-refractivity contribution in [2.45, 2.75) is 42.6 Å². The lowest BCUT2D eigenvalue weighted by molar-refractivity contribution is 0.183. The molecule has 8 heteroatoms. The molecular weight excluding hydrogens is 530 g/mol. The molecule has 1 aromatic heterocycles. The highest BCUT2D eigenvalue weighted by Gasteiger charge is 2.23. The van der Waals surface area contributed by atoms with E-state index in [4.69, 9.17) is 14.2 Å². The second-order valence-electron chi connectivity index (χ2n) is 10.1. The first-order valence-corrected chi connectivity index (χ1v) is 15.8. The molecule has 1 fully saturated rings. The highest BCUT2D eigenvalue weighted by molar-refractivity contribution is 7.94. The predicted molar refractivity (Wildman–Crippen MR) is 158 cm³/mol. The molecule has 0 atom stereocenters. The summed E-state index contributed by atoms with van der Waals surface area (Å²) in [6.45, 7) is 7.32. The predicted octanol–water partition coefficient (Wildman–Crippen LogP) is 7.42. The molecule has 3 aromatic carbocycles. The van der Waals surface area contributed by atoms with Gasteiger partial charge in [-0.1, -0.05) is 12.5 Å². The maximum Gasteiger partial charge on any atom is 0.190 e. The molecule has 5 rings (SSSR count). The summed E-state index contributed by atoms with van der Waals surface area (Å²) in [4.78, 5) is 3.29. The lowest BCUT2D eigenvalue weighted by atomic mass is 10.0. The van der Waals surface area contributed by atoms with Gasteiger partial charge in [-0.2, -0.15) is 0 Å². The molecule has 39 heavy (non-hydrogen) atoms. The van der Waals surface area contributed by atoms with Gasteiger partial charge in [0.2, 0.25) is 0 Å². The SMILES string of the molecule is COc1ccc2c(Oc3ccc(OCCN4CCCCC4)cc3)c(-c3ccc(S(=O)(=O)C(C)C)s3)ccc2c1. The second kappa shape index (κ2) is 12.0. The van der Waals surface area contributed by atoms with E-state index >= 15 is 0 Å². The van der Waals surface area contributed by atoms with Crippen molar-refractivity contribution in [3.8, 4) is 33.4 Å². The van der Waals surface area contributed by atoms with Gasteiger partial charge in [-0.05, 0) is 106 Å². The number of methoxy groups -OCH3 is 1. The van der Waals surface area contributed by atoms with Crippen molar-refractivity contribution in [3.63, 3.8) is 0 Å². The van der Waals surface area contributed by atoms with Crippen LogP contribution >= 0.6 is 11.3 Å². The number of ether oxygens (including phenoxy) is 3. The van der Waals surface area contributed by atoms with E-state index in [9.17, 15) is 8.42 Å². The molecule has 0 amide bonds. The van der Waals surface area contributed by atoms with Crippen LogP contribution in [0.1, 0.15) is 33.1 Å². The molecule has 1 saturated heterocycles. The zero-order chi connectivity index (χ0) is 27.4. The summed E-state index contributed by atoms with van der Waals surface area (Å²) in [5, 5.41) is 1.40. The summed E-state index contributed by atoms with van der Waals surface area (Å²) in [7, 11) is -1.72. The third-order valence-electron chi connectivity index (χ3n) is 7.09. The normalized spacial score (nSPS) is 14.6. The fourth-order valence-electron chi connectivity index (χ4n) is 4.76. The molecule has 1 aliphatic heterocycles. The zero-order valence-corrected chi connectivity index (χ0v) is 24.3. The number of benzene rings is 3. The number of hydrogen-bond acceptors (Lipinski definition) is 7. The molecule has 0 saturated carbocycles. The standard InChI is InChI=1S/C31H35NO5S2/c1-22(2)39(33,34)30-16-15-29(38-30)28-13-7-23-21-26(35-3)12-14-27(23)31(28)37-25-10-8-24(9-11-25)36-20-19-32-17-5-4-6-18-32/h7-16,21-22H,4-6,17-20H2,1-3H3. The molecule has 1 aliphatic rings. The van der Waals surface area contributed by atoms with E-state index in [1.54, 1.807) is 27.0 Å². The van der Waals surface area contributed by atoms with Gasteiger partial charge in [-0.15, -0.1) is 11.3 Å². The number of hydrogen-bond donors (Lipinski definition) is 0. The Morgan fingerprint density at radius 1 is 0.872 bits per heavy atom. The fourth-order valence-corrected chi connectivity index (χ4v) is 7.55. The van der Waals surface area contributed by atoms with Crippen LogP contribution in [0.4, 0.5) is 0 Å². The molecular formula is C31H35NO5S2. The first kappa shape index (κ1) is 27.5. The molecule has 0 radical (unpaired) electrons. The van der Waals surface area contributed by atoms with Crippen LogP contribution in [0.3, 0.4) is 0 Å². The molecule has 0 spiro atoms. The minimum Gasteiger partial charge on any atom is -0.497 e. The fraction of sp³-hybridized carbons (Fsp3) is 0.355. The Bertz CT molecular complexity index is 1520. The zero-order valence-electron chi connectivity index (χ0n) is 22.7. The maximum absolute atomic E-state index is 12.8. The monoisotopic (exact) mass is 565 g/mol. The van der Waals surface area contributed by atoms with Gasteiger partial charge in [0.05, 0.1) is 12.4 Å². The third kappa shape index (κ3) is 6.24. The van der Waals surface area contributed by atoms with Crippen molar-refractivity contribution in [2.75, 3.05) is 33.4 Å². The molecule has 2 heterocycles. The van der Waals surface area contributed by atoms with Crippen molar-refractivity contribution in [3.05, 3.63) is 66.7 Å². The molecule has 0 bridgehead atoms. The molecule has 6 nitrogen and oxygen atoms in total. The quantitative estimate of drug-likeness (QED) is 0.199. The highest BCUT2D eigenvalue weighted by atomic mass is 32.2. The van der Waals surface area contributed by atoms with Crippen molar-refractivity contribution < 1.29 is 22.6 Å². The van der Waals surface area contributed by atoms with E-state index in [0.717, 1.165) is 52.3 Å². The molecule has 0 aliphatic carbocycles. The third-order valence-corrected chi connectivity index (χ3v) is 10.9. The van der Waals surface area contributed by atoms with E-state index in [1.807, 2.05) is 60.7 Å². The van der Waals surface area contributed by atoms with Gasteiger partial charge in [0, 0.05) is 22.4 Å². The van der Waals surface area contributed by atoms with Crippen molar-refractivity contribution in [1.29, 1.82) is 0 Å². The number of rotatable bonds is 10. The number of sulfone groups is 1. The first-order valence-electron chi connectivity index (χ1n) is 13.4. The first-order chi connectivity index (χ1) is 18.8. The largest absolute Gasteiger partial charge is 0.497 e. The van der Waals surface area contributed by atoms with E-state index in [2.05, 4.69) is 4.90 Å². The summed E-state index contributed by atoms with van der Waals surface area (Å²) in [5.74, 6) is 2.91. The molecule has 0 unspecified atom stereocenters. The maximum atomic E-state index is 12.8. The van der Waals surface area contributed by atoms with Crippen molar-refractivity contribution in [2.24, 2.45) is 0 Å². The van der Waals surface area contributed by atoms with Crippen molar-refractivity contribution in [1.82, 2.24) is 4.90 Å². The van der Waals surface area contributed by atoms with Gasteiger partial charge in [0.15, 0.2) is 9.84 Å². The number of thiophene rings is 1. The van der Waals surface area contributed by atoms with Crippen molar-refractivity contribution >= 4 is 31.9 Å². The van der Waals surface area contributed by atoms with Gasteiger partial charge in [-0.25, -0.2) is 8.42 Å². The van der Waals surface area contributed by atoms with Crippen LogP contribution in [0.5, 0.6) is 23.0 Å². The Morgan fingerprint density at radius 3 is 2.31 bits per heavy atom. The Kier molecular flexibility index (Phi) is 8.45. The summed E-state index contributed by atoms with van der Waals surface area (Å²) in [6.07, 6.45) is 3.88. The van der Waals surface area contributed by atoms with Gasteiger partial charge in [-0.3, -0.25) is 4.90 Å². The van der Waals surface area contributed by atoms with Gasteiger partial charge >= 0.3 is 0 Å². The Labute approximate surface area is 235 Å². The highest BCUT2D eigenvalue weighted by Crippen LogP contribution is 2.44. The van der Waals surface area contributed by atoms with Crippen LogP contribution in [0.25, 0.3) is 21.2 Å². The summed E-state index contributed by atoms with van der Waals surface area (Å²) in [5.41, 5.74) is 0.838. The summed E-state index contributed by atoms with van der Waals surface area (Å²) >= 11 is 1.27. The van der Waals surface area contributed by atoms with Crippen LogP contribution in [-0.2, 0) is 9.84 Å². The van der Waals surface area contributed by atoms with E-state index < -0.39 is 15.1 Å². The summed E-state index contributed by atoms with van der Waals surface area (Å²) in [6, 6.07) is 21.1. The number of fused-ring (bicyclic) bond motifs is 1. The molecule has 206 valence electrons. The van der Waals surface area contributed by atoms with E-state index in [0.29, 0.717) is 22.3 Å². The lowest BCUT2D eigenvalue weighted by Crippen LogP contribution is -2.33. The molecule has 4 aromatic rings. The Balaban J connectivity index is 1.41. The van der Waals surface area contributed by atoms with Crippen LogP contribution in [0.15, 0.2) is 70.9 Å². The number of likely N-dealkylation sites (tertiary alicyclic amines) is 1. The minimum absolute atomic E-state index is 0.360. The minimum atomic E-state index is -3.36. The Hall–Kier alpha value is -3.07. The Morgan fingerprint density at radius 2 is 1.59 bits per heavy atom. The van der Waals surface area contributed by atoms with Crippen LogP contribution in [0, 0.1) is 0 Å². The van der Waals surface area contributed by atoms with E-state index in [-0.39, 0.29) is 0 Å². The van der Waals surface area contributed by atoms with E-state index in [1.165, 1.54) is 30.6 Å². The van der Waals surface area contributed by atoms with Crippen LogP contribution in [0.2, 0.25) is 0 Å². The van der Waals surface area contributed by atoms with Crippen LogP contribution < -0.4 is 14.2 Å². The lowest BCUT2D eigenvalue weighted by Gasteiger charge is -2.26. The average molecular weight is 566 g/mol. The second-order valence-corrected chi connectivity index (χ2v) is 13.9. The summed E-state index contributed by atoms with van der Waals surface area (Å²) < 4.78 is 43.8. The number of nitrogens with zero attached hydrogens (tertiary/aromatic N) is 1. The van der Waals surface area contributed by atoms with Crippen LogP contribution in [-0.4, -0.2) is 51.9 Å². The average Bonchev–Trinajstić information content (AvgIpc) is 3.45. The smallest absolute Gasteiger partial charge is 0.190 e.